The Labute approximate surface area is 150 Å². The van der Waals surface area contributed by atoms with Gasteiger partial charge in [-0.05, 0) is 31.0 Å². The first-order valence-electron chi connectivity index (χ1n) is 8.07. The standard InChI is InChI=1S/C17H20ClN3O4/c1-3-4-8-20-15(23)16(24)21(17(20)25)10-14(22)19-11(2)12-6-5-7-13(18)9-12/h5-7,9,11H,3-4,8,10H2,1-2H3,(H,19,22)/t11-/m0/s1. The van der Waals surface area contributed by atoms with Crippen LogP contribution in [0.1, 0.15) is 38.3 Å². The molecule has 0 unspecified atom stereocenters. The van der Waals surface area contributed by atoms with Gasteiger partial charge in [-0.2, -0.15) is 0 Å². The topological polar surface area (TPSA) is 86.8 Å². The van der Waals surface area contributed by atoms with E-state index in [0.29, 0.717) is 16.3 Å². The van der Waals surface area contributed by atoms with Crippen LogP contribution in [0.15, 0.2) is 24.3 Å². The number of halogens is 1. The minimum Gasteiger partial charge on any atom is -0.348 e. The van der Waals surface area contributed by atoms with E-state index in [1.54, 1.807) is 31.2 Å². The Morgan fingerprint density at radius 2 is 1.88 bits per heavy atom. The molecule has 0 aliphatic carbocycles. The molecule has 0 saturated carbocycles. The summed E-state index contributed by atoms with van der Waals surface area (Å²) in [7, 11) is 0. The molecule has 0 aromatic heterocycles. The average Bonchev–Trinajstić information content (AvgIpc) is 2.77. The maximum absolute atomic E-state index is 12.2. The number of amides is 5. The number of rotatable bonds is 7. The molecule has 1 heterocycles. The number of urea groups is 1. The molecule has 1 aromatic rings. The van der Waals surface area contributed by atoms with E-state index in [0.717, 1.165) is 16.9 Å². The molecule has 25 heavy (non-hydrogen) atoms. The minimum absolute atomic E-state index is 0.178. The lowest BCUT2D eigenvalue weighted by Crippen LogP contribution is -2.42. The van der Waals surface area contributed by atoms with Gasteiger partial charge in [-0.3, -0.25) is 19.3 Å². The van der Waals surface area contributed by atoms with Crippen LogP contribution in [0, 0.1) is 0 Å². The summed E-state index contributed by atoms with van der Waals surface area (Å²) in [4.78, 5) is 49.7. The van der Waals surface area contributed by atoms with Gasteiger partial charge in [0.25, 0.3) is 0 Å². The van der Waals surface area contributed by atoms with Crippen LogP contribution < -0.4 is 5.32 Å². The Bertz CT molecular complexity index is 707. The number of hydrogen-bond donors (Lipinski definition) is 1. The molecule has 2 rings (SSSR count). The molecule has 1 saturated heterocycles. The van der Waals surface area contributed by atoms with Crippen LogP contribution in [-0.2, 0) is 14.4 Å². The molecule has 0 radical (unpaired) electrons. The number of nitrogens with zero attached hydrogens (tertiary/aromatic N) is 2. The highest BCUT2D eigenvalue weighted by Gasteiger charge is 2.44. The van der Waals surface area contributed by atoms with Crippen molar-refractivity contribution in [1.82, 2.24) is 15.1 Å². The van der Waals surface area contributed by atoms with Crippen molar-refractivity contribution in [3.05, 3.63) is 34.9 Å². The summed E-state index contributed by atoms with van der Waals surface area (Å²) in [6.45, 7) is 3.36. The predicted octanol–water partition coefficient (Wildman–Crippen LogP) is 2.11. The fourth-order valence-electron chi connectivity index (χ4n) is 2.49. The van der Waals surface area contributed by atoms with E-state index < -0.39 is 30.3 Å². The zero-order valence-electron chi connectivity index (χ0n) is 14.1. The molecule has 1 N–H and O–H groups in total. The van der Waals surface area contributed by atoms with Crippen molar-refractivity contribution in [3.63, 3.8) is 0 Å². The molecule has 0 spiro atoms. The number of hydrogen-bond acceptors (Lipinski definition) is 4. The molecule has 1 aliphatic heterocycles. The zero-order chi connectivity index (χ0) is 18.6. The molecule has 1 aromatic carbocycles. The third kappa shape index (κ3) is 4.36. The lowest BCUT2D eigenvalue weighted by molar-refractivity contribution is -0.144. The highest BCUT2D eigenvalue weighted by molar-refractivity contribution is 6.45. The molecule has 0 bridgehead atoms. The number of nitrogens with one attached hydrogen (secondary N) is 1. The van der Waals surface area contributed by atoms with Gasteiger partial charge in [-0.1, -0.05) is 37.1 Å². The van der Waals surface area contributed by atoms with Crippen LogP contribution in [0.2, 0.25) is 5.02 Å². The largest absolute Gasteiger partial charge is 0.348 e. The van der Waals surface area contributed by atoms with Crippen molar-refractivity contribution in [2.24, 2.45) is 0 Å². The molecular weight excluding hydrogens is 346 g/mol. The lowest BCUT2D eigenvalue weighted by Gasteiger charge is -2.18. The Morgan fingerprint density at radius 3 is 2.52 bits per heavy atom. The Kier molecular flexibility index (Phi) is 6.14. The van der Waals surface area contributed by atoms with Gasteiger partial charge in [0, 0.05) is 11.6 Å². The third-order valence-electron chi connectivity index (χ3n) is 3.90. The number of carbonyl (C=O) groups excluding carboxylic acids is 4. The van der Waals surface area contributed by atoms with E-state index in [1.165, 1.54) is 0 Å². The Morgan fingerprint density at radius 1 is 1.20 bits per heavy atom. The summed E-state index contributed by atoms with van der Waals surface area (Å²) in [5.41, 5.74) is 0.792. The monoisotopic (exact) mass is 365 g/mol. The fraction of sp³-hybridized carbons (Fsp3) is 0.412. The molecule has 1 aliphatic rings. The summed E-state index contributed by atoms with van der Waals surface area (Å²) < 4.78 is 0. The number of carbonyl (C=O) groups is 4. The van der Waals surface area contributed by atoms with Crippen molar-refractivity contribution in [2.45, 2.75) is 32.7 Å². The van der Waals surface area contributed by atoms with Crippen LogP contribution in [0.4, 0.5) is 4.79 Å². The Hall–Kier alpha value is -2.41. The summed E-state index contributed by atoms with van der Waals surface area (Å²) >= 11 is 5.92. The molecule has 5 amide bonds. The summed E-state index contributed by atoms with van der Waals surface area (Å²) in [5.74, 6) is -2.37. The number of unbranched alkanes of at least 4 members (excludes halogenated alkanes) is 1. The van der Waals surface area contributed by atoms with Crippen molar-refractivity contribution >= 4 is 35.4 Å². The van der Waals surface area contributed by atoms with Crippen LogP contribution in [-0.4, -0.2) is 46.6 Å². The van der Waals surface area contributed by atoms with Gasteiger partial charge in [0.05, 0.1) is 6.04 Å². The second-order valence-electron chi connectivity index (χ2n) is 5.83. The maximum atomic E-state index is 12.2. The van der Waals surface area contributed by atoms with Gasteiger partial charge in [0.2, 0.25) is 5.91 Å². The van der Waals surface area contributed by atoms with Crippen molar-refractivity contribution in [3.8, 4) is 0 Å². The van der Waals surface area contributed by atoms with Crippen molar-refractivity contribution in [2.75, 3.05) is 13.1 Å². The second kappa shape index (κ2) is 8.11. The molecule has 1 atom stereocenters. The number of benzene rings is 1. The van der Waals surface area contributed by atoms with Gasteiger partial charge in [0.15, 0.2) is 0 Å². The van der Waals surface area contributed by atoms with Gasteiger partial charge < -0.3 is 5.32 Å². The SMILES string of the molecule is CCCCN1C(=O)C(=O)N(CC(=O)N[C@@H](C)c2cccc(Cl)c2)C1=O. The first kappa shape index (κ1) is 18.9. The van der Waals surface area contributed by atoms with E-state index in [1.807, 2.05) is 6.92 Å². The summed E-state index contributed by atoms with van der Waals surface area (Å²) in [6, 6.07) is 5.91. The highest BCUT2D eigenvalue weighted by atomic mass is 35.5. The third-order valence-corrected chi connectivity index (χ3v) is 4.13. The van der Waals surface area contributed by atoms with Gasteiger partial charge in [-0.25, -0.2) is 9.69 Å². The van der Waals surface area contributed by atoms with E-state index in [2.05, 4.69) is 5.32 Å². The fourth-order valence-corrected chi connectivity index (χ4v) is 2.69. The van der Waals surface area contributed by atoms with Crippen molar-refractivity contribution < 1.29 is 19.2 Å². The predicted molar refractivity (Wildman–Crippen MR) is 91.7 cm³/mol. The first-order valence-corrected chi connectivity index (χ1v) is 8.45. The lowest BCUT2D eigenvalue weighted by atomic mass is 10.1. The van der Waals surface area contributed by atoms with Crippen LogP contribution >= 0.6 is 11.6 Å². The molecule has 8 heteroatoms. The molecular formula is C17H20ClN3O4. The van der Waals surface area contributed by atoms with Crippen LogP contribution in [0.5, 0.6) is 0 Å². The molecule has 1 fully saturated rings. The van der Waals surface area contributed by atoms with Gasteiger partial charge in [0.1, 0.15) is 6.54 Å². The van der Waals surface area contributed by atoms with E-state index >= 15 is 0 Å². The molecule has 134 valence electrons. The van der Waals surface area contributed by atoms with Crippen LogP contribution in [0.3, 0.4) is 0 Å². The van der Waals surface area contributed by atoms with E-state index in [-0.39, 0.29) is 12.6 Å². The van der Waals surface area contributed by atoms with Gasteiger partial charge in [-0.15, -0.1) is 0 Å². The summed E-state index contributed by atoms with van der Waals surface area (Å²) in [6.07, 6.45) is 1.39. The summed E-state index contributed by atoms with van der Waals surface area (Å²) in [5, 5.41) is 3.23. The smallest absolute Gasteiger partial charge is 0.334 e. The second-order valence-corrected chi connectivity index (χ2v) is 6.26. The number of imide groups is 2. The van der Waals surface area contributed by atoms with Crippen LogP contribution in [0.25, 0.3) is 0 Å². The maximum Gasteiger partial charge on any atom is 0.334 e. The molecule has 7 nitrogen and oxygen atoms in total. The highest BCUT2D eigenvalue weighted by Crippen LogP contribution is 2.18. The minimum atomic E-state index is -0.966. The van der Waals surface area contributed by atoms with Crippen molar-refractivity contribution in [1.29, 1.82) is 0 Å². The average molecular weight is 366 g/mol. The normalized spacial score (nSPS) is 15.7. The Balaban J connectivity index is 1.99. The zero-order valence-corrected chi connectivity index (χ0v) is 14.9. The van der Waals surface area contributed by atoms with Gasteiger partial charge >= 0.3 is 17.8 Å². The first-order chi connectivity index (χ1) is 11.8. The quantitative estimate of drug-likeness (QED) is 0.592. The van der Waals surface area contributed by atoms with E-state index in [4.69, 9.17) is 11.6 Å². The van der Waals surface area contributed by atoms with E-state index in [9.17, 15) is 19.2 Å².